The van der Waals surface area contributed by atoms with Gasteiger partial charge in [-0.1, -0.05) is 24.9 Å². The minimum Gasteiger partial charge on any atom is -0.383 e. The Hall–Kier alpha value is -0.730. The monoisotopic (exact) mass is 241 g/mol. The van der Waals surface area contributed by atoms with Gasteiger partial charge >= 0.3 is 0 Å². The molecule has 0 radical (unpaired) electrons. The molecule has 0 aliphatic carbocycles. The van der Waals surface area contributed by atoms with Crippen molar-refractivity contribution in [2.75, 3.05) is 18.5 Å². The van der Waals surface area contributed by atoms with Gasteiger partial charge in [0.25, 0.3) is 0 Å². The molecule has 1 unspecified atom stereocenters. The van der Waals surface area contributed by atoms with E-state index in [0.717, 1.165) is 30.3 Å². The van der Waals surface area contributed by atoms with Crippen molar-refractivity contribution in [3.05, 3.63) is 29.3 Å². The SMILES string of the molecule is CCCC(C)OCCNc1ccc(Cl)cc1. The summed E-state index contributed by atoms with van der Waals surface area (Å²) in [4.78, 5) is 0. The molecule has 0 aliphatic rings. The molecule has 1 aromatic carbocycles. The molecular weight excluding hydrogens is 222 g/mol. The molecule has 2 nitrogen and oxygen atoms in total. The summed E-state index contributed by atoms with van der Waals surface area (Å²) in [7, 11) is 0. The number of hydrogen-bond acceptors (Lipinski definition) is 2. The molecule has 1 atom stereocenters. The maximum atomic E-state index is 5.80. The minimum absolute atomic E-state index is 0.358. The molecule has 0 amide bonds. The third-order valence-corrected chi connectivity index (χ3v) is 2.62. The van der Waals surface area contributed by atoms with Crippen molar-refractivity contribution in [1.82, 2.24) is 0 Å². The maximum Gasteiger partial charge on any atom is 0.0642 e. The molecule has 1 rings (SSSR count). The Kier molecular flexibility index (Phi) is 6.27. The van der Waals surface area contributed by atoms with Crippen molar-refractivity contribution < 1.29 is 4.74 Å². The van der Waals surface area contributed by atoms with Crippen LogP contribution in [0.4, 0.5) is 5.69 Å². The average molecular weight is 242 g/mol. The second kappa shape index (κ2) is 7.53. The van der Waals surface area contributed by atoms with Gasteiger partial charge in [0.1, 0.15) is 0 Å². The lowest BCUT2D eigenvalue weighted by atomic mass is 10.2. The zero-order valence-corrected chi connectivity index (χ0v) is 10.8. The van der Waals surface area contributed by atoms with Crippen LogP contribution in [0.3, 0.4) is 0 Å². The highest BCUT2D eigenvalue weighted by atomic mass is 35.5. The van der Waals surface area contributed by atoms with E-state index in [1.165, 1.54) is 6.42 Å². The largest absolute Gasteiger partial charge is 0.383 e. The molecule has 3 heteroatoms. The highest BCUT2D eigenvalue weighted by Crippen LogP contribution is 2.12. The first-order chi connectivity index (χ1) is 7.72. The predicted molar refractivity (Wildman–Crippen MR) is 70.3 cm³/mol. The fraction of sp³-hybridized carbons (Fsp3) is 0.538. The summed E-state index contributed by atoms with van der Waals surface area (Å²) >= 11 is 5.80. The number of rotatable bonds is 7. The van der Waals surface area contributed by atoms with Crippen LogP contribution < -0.4 is 5.32 Å². The van der Waals surface area contributed by atoms with E-state index in [4.69, 9.17) is 16.3 Å². The molecule has 0 heterocycles. The van der Waals surface area contributed by atoms with Crippen LogP contribution in [0.15, 0.2) is 24.3 Å². The van der Waals surface area contributed by atoms with Crippen molar-refractivity contribution in [1.29, 1.82) is 0 Å². The van der Waals surface area contributed by atoms with Crippen LogP contribution in [0, 0.1) is 0 Å². The summed E-state index contributed by atoms with van der Waals surface area (Å²) < 4.78 is 5.64. The molecule has 0 spiro atoms. The normalized spacial score (nSPS) is 12.4. The standard InChI is InChI=1S/C13H20ClNO/c1-3-4-11(2)16-10-9-15-13-7-5-12(14)6-8-13/h5-8,11,15H,3-4,9-10H2,1-2H3. The molecular formula is C13H20ClNO. The Morgan fingerprint density at radius 1 is 1.31 bits per heavy atom. The van der Waals surface area contributed by atoms with E-state index in [1.807, 2.05) is 24.3 Å². The van der Waals surface area contributed by atoms with E-state index in [2.05, 4.69) is 19.2 Å². The number of ether oxygens (including phenoxy) is 1. The average Bonchev–Trinajstić information content (AvgIpc) is 2.27. The molecule has 1 N–H and O–H groups in total. The molecule has 16 heavy (non-hydrogen) atoms. The van der Waals surface area contributed by atoms with Gasteiger partial charge in [0.2, 0.25) is 0 Å². The molecule has 0 saturated heterocycles. The van der Waals surface area contributed by atoms with Gasteiger partial charge in [-0.3, -0.25) is 0 Å². The maximum absolute atomic E-state index is 5.80. The Bertz CT molecular complexity index is 286. The lowest BCUT2D eigenvalue weighted by Crippen LogP contribution is -2.15. The molecule has 0 saturated carbocycles. The van der Waals surface area contributed by atoms with Crippen molar-refractivity contribution in [3.8, 4) is 0 Å². The van der Waals surface area contributed by atoms with E-state index >= 15 is 0 Å². The third-order valence-electron chi connectivity index (χ3n) is 2.37. The summed E-state index contributed by atoms with van der Waals surface area (Å²) in [5.41, 5.74) is 1.08. The first-order valence-electron chi connectivity index (χ1n) is 5.83. The Labute approximate surface area is 103 Å². The van der Waals surface area contributed by atoms with E-state index < -0.39 is 0 Å². The second-order valence-corrected chi connectivity index (χ2v) is 4.34. The summed E-state index contributed by atoms with van der Waals surface area (Å²) in [6.07, 6.45) is 2.66. The fourth-order valence-electron chi connectivity index (χ4n) is 1.51. The molecule has 90 valence electrons. The third kappa shape index (κ3) is 5.38. The number of hydrogen-bond donors (Lipinski definition) is 1. The van der Waals surface area contributed by atoms with Gasteiger partial charge in [-0.25, -0.2) is 0 Å². The number of halogens is 1. The number of benzene rings is 1. The summed E-state index contributed by atoms with van der Waals surface area (Å²) in [5, 5.41) is 4.05. The van der Waals surface area contributed by atoms with E-state index in [1.54, 1.807) is 0 Å². The van der Waals surface area contributed by atoms with Gasteiger partial charge in [-0.05, 0) is 37.6 Å². The lowest BCUT2D eigenvalue weighted by Gasteiger charge is -2.12. The van der Waals surface area contributed by atoms with Gasteiger partial charge in [0, 0.05) is 17.3 Å². The first kappa shape index (κ1) is 13.3. The van der Waals surface area contributed by atoms with Crippen LogP contribution in [-0.2, 0) is 4.74 Å². The van der Waals surface area contributed by atoms with E-state index in [-0.39, 0.29) is 0 Å². The predicted octanol–water partition coefficient (Wildman–Crippen LogP) is 3.96. The molecule has 0 aliphatic heterocycles. The van der Waals surface area contributed by atoms with Gasteiger partial charge in [-0.2, -0.15) is 0 Å². The Morgan fingerprint density at radius 3 is 2.62 bits per heavy atom. The van der Waals surface area contributed by atoms with Crippen LogP contribution in [0.5, 0.6) is 0 Å². The smallest absolute Gasteiger partial charge is 0.0642 e. The van der Waals surface area contributed by atoms with Gasteiger partial charge in [0.05, 0.1) is 12.7 Å². The molecule has 0 bridgehead atoms. The zero-order valence-electron chi connectivity index (χ0n) is 10.0. The minimum atomic E-state index is 0.358. The Balaban J connectivity index is 2.13. The van der Waals surface area contributed by atoms with Gasteiger partial charge in [0.15, 0.2) is 0 Å². The van der Waals surface area contributed by atoms with Crippen LogP contribution in [0.1, 0.15) is 26.7 Å². The summed E-state index contributed by atoms with van der Waals surface area (Å²) in [5.74, 6) is 0. The van der Waals surface area contributed by atoms with Gasteiger partial charge < -0.3 is 10.1 Å². The van der Waals surface area contributed by atoms with Crippen LogP contribution in [-0.4, -0.2) is 19.3 Å². The highest BCUT2D eigenvalue weighted by molar-refractivity contribution is 6.30. The summed E-state index contributed by atoms with van der Waals surface area (Å²) in [6.45, 7) is 5.86. The van der Waals surface area contributed by atoms with Crippen LogP contribution in [0.25, 0.3) is 0 Å². The fourth-order valence-corrected chi connectivity index (χ4v) is 1.64. The van der Waals surface area contributed by atoms with Crippen molar-refractivity contribution in [2.24, 2.45) is 0 Å². The quantitative estimate of drug-likeness (QED) is 0.730. The van der Waals surface area contributed by atoms with Crippen molar-refractivity contribution >= 4 is 17.3 Å². The highest BCUT2D eigenvalue weighted by Gasteiger charge is 1.99. The number of nitrogens with one attached hydrogen (secondary N) is 1. The lowest BCUT2D eigenvalue weighted by molar-refractivity contribution is 0.0673. The number of anilines is 1. The Morgan fingerprint density at radius 2 is 2.00 bits per heavy atom. The molecule has 0 fully saturated rings. The topological polar surface area (TPSA) is 21.3 Å². The van der Waals surface area contributed by atoms with Crippen molar-refractivity contribution in [3.63, 3.8) is 0 Å². The second-order valence-electron chi connectivity index (χ2n) is 3.90. The summed E-state index contributed by atoms with van der Waals surface area (Å²) in [6, 6.07) is 7.70. The van der Waals surface area contributed by atoms with Crippen molar-refractivity contribution in [2.45, 2.75) is 32.8 Å². The van der Waals surface area contributed by atoms with Crippen LogP contribution in [0.2, 0.25) is 5.02 Å². The van der Waals surface area contributed by atoms with E-state index in [9.17, 15) is 0 Å². The van der Waals surface area contributed by atoms with Crippen LogP contribution >= 0.6 is 11.6 Å². The van der Waals surface area contributed by atoms with Gasteiger partial charge in [-0.15, -0.1) is 0 Å². The molecule has 0 aromatic heterocycles. The zero-order chi connectivity index (χ0) is 11.8. The molecule has 1 aromatic rings. The van der Waals surface area contributed by atoms with E-state index in [0.29, 0.717) is 6.10 Å². The first-order valence-corrected chi connectivity index (χ1v) is 6.21.